The summed E-state index contributed by atoms with van der Waals surface area (Å²) < 4.78 is 10.7. The second kappa shape index (κ2) is 8.23. The van der Waals surface area contributed by atoms with Gasteiger partial charge in [-0.15, -0.1) is 0 Å². The molecule has 1 aliphatic heterocycles. The van der Waals surface area contributed by atoms with E-state index in [0.29, 0.717) is 13.1 Å². The highest BCUT2D eigenvalue weighted by Gasteiger charge is 2.30. The van der Waals surface area contributed by atoms with Gasteiger partial charge in [0.15, 0.2) is 0 Å². The summed E-state index contributed by atoms with van der Waals surface area (Å²) in [6, 6.07) is 9.44. The van der Waals surface area contributed by atoms with Crippen LogP contribution in [0, 0.1) is 5.92 Å². The van der Waals surface area contributed by atoms with E-state index in [9.17, 15) is 9.59 Å². The van der Waals surface area contributed by atoms with Crippen LogP contribution >= 0.6 is 0 Å². The Balaban J connectivity index is 1.86. The van der Waals surface area contributed by atoms with Crippen LogP contribution in [0.1, 0.15) is 39.7 Å². The Morgan fingerprint density at radius 2 is 1.88 bits per heavy atom. The van der Waals surface area contributed by atoms with Gasteiger partial charge in [-0.25, -0.2) is 9.59 Å². The lowest BCUT2D eigenvalue weighted by molar-refractivity contribution is 0.0420. The van der Waals surface area contributed by atoms with Gasteiger partial charge in [-0.3, -0.25) is 0 Å². The number of hydrogen-bond donors (Lipinski definition) is 1. The van der Waals surface area contributed by atoms with Crippen LogP contribution in [0.15, 0.2) is 30.3 Å². The quantitative estimate of drug-likeness (QED) is 0.907. The molecule has 0 saturated carbocycles. The van der Waals surface area contributed by atoms with Crippen molar-refractivity contribution in [3.63, 3.8) is 0 Å². The molecule has 1 aliphatic rings. The topological polar surface area (TPSA) is 67.9 Å². The van der Waals surface area contributed by atoms with Crippen LogP contribution in [0.25, 0.3) is 0 Å². The van der Waals surface area contributed by atoms with Crippen molar-refractivity contribution in [3.8, 4) is 0 Å². The Bertz CT molecular complexity index is 583. The van der Waals surface area contributed by atoms with E-state index in [2.05, 4.69) is 12.2 Å². The molecule has 1 fully saturated rings. The van der Waals surface area contributed by atoms with E-state index in [1.165, 1.54) is 0 Å². The number of ether oxygens (including phenoxy) is 2. The normalized spacial score (nSPS) is 20.7. The van der Waals surface area contributed by atoms with Crippen molar-refractivity contribution in [1.82, 2.24) is 10.2 Å². The molecule has 1 heterocycles. The van der Waals surface area contributed by atoms with Gasteiger partial charge in [0.05, 0.1) is 6.04 Å². The molecular weight excluding hydrogens is 320 g/mol. The Morgan fingerprint density at radius 3 is 2.52 bits per heavy atom. The standard InChI is InChI=1S/C19H28N2O4/c1-14-10-16(20-17(22)25-19(2,3)4)12-21(11-14)18(23)24-13-15-8-6-5-7-9-15/h5-9,14,16H,10-13H2,1-4H3,(H,20,22)/t14-,16+/m0/s1. The Hall–Kier alpha value is -2.24. The average Bonchev–Trinajstić information content (AvgIpc) is 2.51. The minimum atomic E-state index is -0.543. The molecule has 0 unspecified atom stereocenters. The molecule has 25 heavy (non-hydrogen) atoms. The van der Waals surface area contributed by atoms with Gasteiger partial charge in [-0.1, -0.05) is 37.3 Å². The fraction of sp³-hybridized carbons (Fsp3) is 0.579. The Morgan fingerprint density at radius 1 is 1.20 bits per heavy atom. The van der Waals surface area contributed by atoms with Gasteiger partial charge < -0.3 is 19.7 Å². The zero-order valence-corrected chi connectivity index (χ0v) is 15.5. The molecular formula is C19H28N2O4. The fourth-order valence-electron chi connectivity index (χ4n) is 2.89. The van der Waals surface area contributed by atoms with Gasteiger partial charge in [-0.05, 0) is 38.7 Å². The van der Waals surface area contributed by atoms with Crippen molar-refractivity contribution in [3.05, 3.63) is 35.9 Å². The summed E-state index contributed by atoms with van der Waals surface area (Å²) in [6.07, 6.45) is -0.00238. The maximum Gasteiger partial charge on any atom is 0.410 e. The number of piperidine rings is 1. The molecule has 2 atom stereocenters. The number of alkyl carbamates (subject to hydrolysis) is 1. The molecule has 1 aromatic carbocycles. The van der Waals surface area contributed by atoms with E-state index in [-0.39, 0.29) is 24.7 Å². The van der Waals surface area contributed by atoms with Gasteiger partial charge in [0, 0.05) is 13.1 Å². The number of carbonyl (C=O) groups is 2. The predicted molar refractivity (Wildman–Crippen MR) is 95.1 cm³/mol. The molecule has 0 aromatic heterocycles. The van der Waals surface area contributed by atoms with Crippen LogP contribution < -0.4 is 5.32 Å². The zero-order chi connectivity index (χ0) is 18.4. The van der Waals surface area contributed by atoms with Crippen molar-refractivity contribution in [2.75, 3.05) is 13.1 Å². The lowest BCUT2D eigenvalue weighted by Crippen LogP contribution is -2.52. The Labute approximate surface area is 149 Å². The first-order valence-electron chi connectivity index (χ1n) is 8.68. The highest BCUT2D eigenvalue weighted by atomic mass is 16.6. The molecule has 1 aromatic rings. The number of benzene rings is 1. The first kappa shape index (κ1) is 19.1. The highest BCUT2D eigenvalue weighted by molar-refractivity contribution is 5.69. The second-order valence-electron chi connectivity index (χ2n) is 7.63. The number of rotatable bonds is 3. The van der Waals surface area contributed by atoms with Crippen molar-refractivity contribution in [2.45, 2.75) is 52.4 Å². The van der Waals surface area contributed by atoms with Crippen molar-refractivity contribution in [1.29, 1.82) is 0 Å². The minimum absolute atomic E-state index is 0.136. The van der Waals surface area contributed by atoms with Crippen LogP contribution in [0.3, 0.4) is 0 Å². The number of nitrogens with one attached hydrogen (secondary N) is 1. The summed E-state index contributed by atoms with van der Waals surface area (Å²) in [6.45, 7) is 8.82. The first-order valence-corrected chi connectivity index (χ1v) is 8.68. The van der Waals surface area contributed by atoms with Crippen molar-refractivity contribution < 1.29 is 19.1 Å². The smallest absolute Gasteiger partial charge is 0.410 e. The minimum Gasteiger partial charge on any atom is -0.445 e. The number of amides is 2. The average molecular weight is 348 g/mol. The zero-order valence-electron chi connectivity index (χ0n) is 15.5. The van der Waals surface area contributed by atoms with Crippen LogP contribution in [0.5, 0.6) is 0 Å². The molecule has 0 aliphatic carbocycles. The summed E-state index contributed by atoms with van der Waals surface area (Å²) >= 11 is 0. The number of carbonyl (C=O) groups excluding carboxylic acids is 2. The van der Waals surface area contributed by atoms with Crippen LogP contribution in [0.2, 0.25) is 0 Å². The van der Waals surface area contributed by atoms with Crippen LogP contribution in [-0.2, 0) is 16.1 Å². The van der Waals surface area contributed by atoms with E-state index in [0.717, 1.165) is 12.0 Å². The van der Waals surface area contributed by atoms with Gasteiger partial charge in [0.2, 0.25) is 0 Å². The lowest BCUT2D eigenvalue weighted by Gasteiger charge is -2.36. The third-order valence-electron chi connectivity index (χ3n) is 3.84. The summed E-state index contributed by atoms with van der Waals surface area (Å²) in [5.41, 5.74) is 0.405. The number of nitrogens with zero attached hydrogens (tertiary/aromatic N) is 1. The van der Waals surface area contributed by atoms with E-state index < -0.39 is 11.7 Å². The number of hydrogen-bond acceptors (Lipinski definition) is 4. The molecule has 2 rings (SSSR count). The van der Waals surface area contributed by atoms with Gasteiger partial charge in [-0.2, -0.15) is 0 Å². The molecule has 0 bridgehead atoms. The van der Waals surface area contributed by atoms with E-state index in [4.69, 9.17) is 9.47 Å². The van der Waals surface area contributed by atoms with Gasteiger partial charge in [0.25, 0.3) is 0 Å². The first-order chi connectivity index (χ1) is 11.7. The number of likely N-dealkylation sites (tertiary alicyclic amines) is 1. The second-order valence-corrected chi connectivity index (χ2v) is 7.63. The SMILES string of the molecule is C[C@H]1C[C@@H](NC(=O)OC(C)(C)C)CN(C(=O)OCc2ccccc2)C1. The molecule has 1 N–H and O–H groups in total. The van der Waals surface area contributed by atoms with Crippen molar-refractivity contribution >= 4 is 12.2 Å². The largest absolute Gasteiger partial charge is 0.445 e. The summed E-state index contributed by atoms with van der Waals surface area (Å²) in [7, 11) is 0. The van der Waals surface area contributed by atoms with Crippen LogP contribution in [-0.4, -0.2) is 41.8 Å². The third kappa shape index (κ3) is 6.64. The van der Waals surface area contributed by atoms with E-state index in [1.54, 1.807) is 4.90 Å². The third-order valence-corrected chi connectivity index (χ3v) is 3.84. The van der Waals surface area contributed by atoms with Crippen LogP contribution in [0.4, 0.5) is 9.59 Å². The lowest BCUT2D eigenvalue weighted by atomic mass is 9.96. The van der Waals surface area contributed by atoms with E-state index >= 15 is 0 Å². The van der Waals surface area contributed by atoms with Gasteiger partial charge in [0.1, 0.15) is 12.2 Å². The van der Waals surface area contributed by atoms with Gasteiger partial charge >= 0.3 is 12.2 Å². The molecule has 1 saturated heterocycles. The molecule has 138 valence electrons. The summed E-state index contributed by atoms with van der Waals surface area (Å²) in [5, 5.41) is 2.85. The molecule has 6 heteroatoms. The maximum absolute atomic E-state index is 12.3. The van der Waals surface area contributed by atoms with Crippen molar-refractivity contribution in [2.24, 2.45) is 5.92 Å². The molecule has 0 spiro atoms. The summed E-state index contributed by atoms with van der Waals surface area (Å²) in [5.74, 6) is 0.276. The molecule has 6 nitrogen and oxygen atoms in total. The fourth-order valence-corrected chi connectivity index (χ4v) is 2.89. The summed E-state index contributed by atoms with van der Waals surface area (Å²) in [4.78, 5) is 25.9. The monoisotopic (exact) mass is 348 g/mol. The molecule has 0 radical (unpaired) electrons. The Kier molecular flexibility index (Phi) is 6.28. The van der Waals surface area contributed by atoms with E-state index in [1.807, 2.05) is 51.1 Å². The highest BCUT2D eigenvalue weighted by Crippen LogP contribution is 2.18. The maximum atomic E-state index is 12.3. The molecule has 2 amide bonds. The predicted octanol–water partition coefficient (Wildman–Crippen LogP) is 3.56.